The van der Waals surface area contributed by atoms with Crippen LogP contribution >= 0.6 is 0 Å². The maximum atomic E-state index is 12.2. The topological polar surface area (TPSA) is 109 Å². The highest BCUT2D eigenvalue weighted by atomic mass is 16.6. The van der Waals surface area contributed by atoms with Crippen LogP contribution in [-0.2, 0) is 19.1 Å². The van der Waals surface area contributed by atoms with E-state index in [-0.39, 0.29) is 12.2 Å². The van der Waals surface area contributed by atoms with Crippen molar-refractivity contribution in [3.05, 3.63) is 11.2 Å². The summed E-state index contributed by atoms with van der Waals surface area (Å²) >= 11 is 0. The molecule has 2 atom stereocenters. The maximum Gasteiger partial charge on any atom is 0.415 e. The molecule has 0 aromatic heterocycles. The third-order valence-corrected chi connectivity index (χ3v) is 3.13. The summed E-state index contributed by atoms with van der Waals surface area (Å²) in [6, 6.07) is 0. The number of amides is 1. The minimum atomic E-state index is -1.07. The lowest BCUT2D eigenvalue weighted by Gasteiger charge is -2.35. The Balaban J connectivity index is 3.15. The molecule has 0 radical (unpaired) electrons. The van der Waals surface area contributed by atoms with Gasteiger partial charge in [-0.1, -0.05) is 0 Å². The smallest absolute Gasteiger partial charge is 0.415 e. The van der Waals surface area contributed by atoms with Crippen LogP contribution in [0.2, 0.25) is 0 Å². The van der Waals surface area contributed by atoms with Gasteiger partial charge in [0.05, 0.1) is 13.0 Å². The predicted molar refractivity (Wildman–Crippen MR) is 75.4 cm³/mol. The first kappa shape index (κ1) is 17.6. The zero-order valence-corrected chi connectivity index (χ0v) is 13.0. The summed E-state index contributed by atoms with van der Waals surface area (Å²) in [4.78, 5) is 39.4. The van der Waals surface area contributed by atoms with E-state index >= 15 is 0 Å². The van der Waals surface area contributed by atoms with E-state index in [1.165, 1.54) is 7.11 Å². The molecule has 8 nitrogen and oxygen atoms in total. The molecule has 120 valence electrons. The second-order valence-corrected chi connectivity index (χ2v) is 5.84. The van der Waals surface area contributed by atoms with Crippen LogP contribution in [0.1, 0.15) is 27.2 Å². The van der Waals surface area contributed by atoms with E-state index in [0.717, 1.165) is 11.1 Å². The van der Waals surface area contributed by atoms with Crippen LogP contribution in [0.25, 0.3) is 5.53 Å². The molecule has 1 fully saturated rings. The number of hydrogen-bond donors (Lipinski definition) is 0. The fourth-order valence-electron chi connectivity index (χ4n) is 2.22. The molecule has 0 spiro atoms. The van der Waals surface area contributed by atoms with Crippen LogP contribution < -0.4 is 0 Å². The van der Waals surface area contributed by atoms with Crippen molar-refractivity contribution >= 4 is 24.2 Å². The van der Waals surface area contributed by atoms with Crippen LogP contribution in [0.15, 0.2) is 5.70 Å². The molecule has 1 saturated heterocycles. The molecule has 0 saturated carbocycles. The molecule has 1 amide bonds. The Morgan fingerprint density at radius 2 is 2.09 bits per heavy atom. The monoisotopic (exact) mass is 309 g/mol. The van der Waals surface area contributed by atoms with Gasteiger partial charge in [-0.3, -0.25) is 9.69 Å². The van der Waals surface area contributed by atoms with Gasteiger partial charge in [-0.25, -0.2) is 9.59 Å². The number of carbonyl (C=O) groups is 2. The summed E-state index contributed by atoms with van der Waals surface area (Å²) in [6.45, 7) is 5.22. The van der Waals surface area contributed by atoms with Gasteiger partial charge < -0.3 is 15.0 Å². The second-order valence-electron chi connectivity index (χ2n) is 5.84. The van der Waals surface area contributed by atoms with Gasteiger partial charge in [0.15, 0.2) is 0 Å². The van der Waals surface area contributed by atoms with Crippen molar-refractivity contribution in [1.29, 1.82) is 0 Å². The van der Waals surface area contributed by atoms with Crippen molar-refractivity contribution < 1.29 is 28.6 Å². The number of piperidine rings is 1. The molecule has 0 aromatic rings. The number of ether oxygens (including phenoxy) is 2. The Morgan fingerprint density at radius 3 is 2.55 bits per heavy atom. The highest BCUT2D eigenvalue weighted by Crippen LogP contribution is 2.31. The summed E-state index contributed by atoms with van der Waals surface area (Å²) in [5, 5.41) is 0. The first-order valence-corrected chi connectivity index (χ1v) is 6.76. The van der Waals surface area contributed by atoms with E-state index in [0.29, 0.717) is 6.42 Å². The number of rotatable bonds is 2. The highest BCUT2D eigenvalue weighted by molar-refractivity contribution is 5.86. The van der Waals surface area contributed by atoms with Gasteiger partial charge in [0, 0.05) is 6.54 Å². The zero-order valence-electron chi connectivity index (χ0n) is 13.0. The Kier molecular flexibility index (Phi) is 5.63. The predicted octanol–water partition coefficient (Wildman–Crippen LogP) is 1.05. The molecular weight excluding hydrogens is 290 g/mol. The van der Waals surface area contributed by atoms with Gasteiger partial charge >= 0.3 is 12.1 Å². The lowest BCUT2D eigenvalue weighted by molar-refractivity contribution is -0.146. The Hall–Kier alpha value is -2.43. The molecule has 8 heteroatoms. The quantitative estimate of drug-likeness (QED) is 0.249. The number of methoxy groups -OCH3 is 1. The van der Waals surface area contributed by atoms with Crippen LogP contribution in [0, 0.1) is 11.8 Å². The van der Waals surface area contributed by atoms with Crippen molar-refractivity contribution in [1.82, 2.24) is 4.90 Å². The molecule has 0 aliphatic carbocycles. The minimum absolute atomic E-state index is 0.143. The average molecular weight is 309 g/mol. The number of nitrogens with zero attached hydrogens (tertiary/aromatic N) is 3. The number of carbonyl (C=O) groups excluding carboxylic acids is 3. The molecular formula is C14H19N3O5. The van der Waals surface area contributed by atoms with Crippen molar-refractivity contribution in [3.8, 4) is 0 Å². The van der Waals surface area contributed by atoms with Crippen LogP contribution in [-0.4, -0.2) is 53.2 Å². The molecule has 22 heavy (non-hydrogen) atoms. The van der Waals surface area contributed by atoms with E-state index in [9.17, 15) is 14.4 Å². The van der Waals surface area contributed by atoms with Gasteiger partial charge in [-0.05, 0) is 27.2 Å². The summed E-state index contributed by atoms with van der Waals surface area (Å²) in [6.07, 6.45) is 0.721. The maximum absolute atomic E-state index is 12.2. The summed E-state index contributed by atoms with van der Waals surface area (Å²) < 4.78 is 9.88. The molecule has 1 heterocycles. The van der Waals surface area contributed by atoms with Gasteiger partial charge in [-0.15, -0.1) is 0 Å². The van der Waals surface area contributed by atoms with Gasteiger partial charge in [0.25, 0.3) is 6.21 Å². The number of esters is 1. The van der Waals surface area contributed by atoms with E-state index < -0.39 is 29.5 Å². The number of likely N-dealkylation sites (tertiary alicyclic amines) is 1. The molecule has 0 bridgehead atoms. The van der Waals surface area contributed by atoms with E-state index in [1.807, 2.05) is 0 Å². The first-order valence-electron chi connectivity index (χ1n) is 6.76. The number of hydrogen-bond acceptors (Lipinski definition) is 5. The summed E-state index contributed by atoms with van der Waals surface area (Å²) in [5.74, 6) is -0.722. The average Bonchev–Trinajstić information content (AvgIpc) is 2.44. The van der Waals surface area contributed by atoms with Crippen molar-refractivity contribution in [2.24, 2.45) is 11.8 Å². The Bertz CT molecular complexity index is 553. The van der Waals surface area contributed by atoms with E-state index in [4.69, 9.17) is 10.3 Å². The lowest BCUT2D eigenvalue weighted by Crippen LogP contribution is -2.47. The minimum Gasteiger partial charge on any atom is -0.468 e. The van der Waals surface area contributed by atoms with Crippen LogP contribution in [0.4, 0.5) is 4.79 Å². The molecule has 1 aliphatic heterocycles. The fourth-order valence-corrected chi connectivity index (χ4v) is 2.22. The van der Waals surface area contributed by atoms with Gasteiger partial charge in [0.2, 0.25) is 0 Å². The zero-order chi connectivity index (χ0) is 16.9. The standard InChI is InChI=1S/C14H19N3O5/c1-14(2,3)22-13(20)17-6-5-9(7-16-15)11(10(17)8-18)12(19)21-4/h7,9,11H,5-6H2,1-4H3. The lowest BCUT2D eigenvalue weighted by atomic mass is 9.84. The first-order chi connectivity index (χ1) is 10.2. The van der Waals surface area contributed by atoms with Gasteiger partial charge in [0.1, 0.15) is 23.2 Å². The third kappa shape index (κ3) is 4.04. The molecule has 0 N–H and O–H groups in total. The summed E-state index contributed by atoms with van der Waals surface area (Å²) in [5.41, 5.74) is 7.76. The van der Waals surface area contributed by atoms with Crippen molar-refractivity contribution in [2.45, 2.75) is 32.8 Å². The highest BCUT2D eigenvalue weighted by Gasteiger charge is 2.44. The van der Waals surface area contributed by atoms with Crippen LogP contribution in [0.3, 0.4) is 0 Å². The van der Waals surface area contributed by atoms with E-state index in [2.05, 4.69) is 9.53 Å². The molecule has 0 aromatic carbocycles. The fraction of sp³-hybridized carbons (Fsp3) is 0.643. The molecule has 1 rings (SSSR count). The SMILES string of the molecule is COC(=O)C1C(=C=O)N(C(=O)OC(C)(C)C)CCC1C=[N+]=[N-]. The van der Waals surface area contributed by atoms with Crippen molar-refractivity contribution in [3.63, 3.8) is 0 Å². The summed E-state index contributed by atoms with van der Waals surface area (Å²) in [7, 11) is 1.17. The van der Waals surface area contributed by atoms with Crippen LogP contribution in [0.5, 0.6) is 0 Å². The normalized spacial score (nSPS) is 21.5. The van der Waals surface area contributed by atoms with E-state index in [1.54, 1.807) is 26.7 Å². The Labute approximate surface area is 128 Å². The van der Waals surface area contributed by atoms with Gasteiger partial charge in [-0.2, -0.15) is 4.79 Å². The molecule has 2 unspecified atom stereocenters. The van der Waals surface area contributed by atoms with Crippen molar-refractivity contribution in [2.75, 3.05) is 13.7 Å². The third-order valence-electron chi connectivity index (χ3n) is 3.13. The second kappa shape index (κ2) is 7.02. The Morgan fingerprint density at radius 1 is 1.45 bits per heavy atom. The molecule has 1 aliphatic rings. The largest absolute Gasteiger partial charge is 0.468 e.